The summed E-state index contributed by atoms with van der Waals surface area (Å²) in [6.45, 7) is 6.21. The van der Waals surface area contributed by atoms with E-state index in [-0.39, 0.29) is 21.5 Å². The van der Waals surface area contributed by atoms with Crippen LogP contribution in [-0.4, -0.2) is 22.1 Å². The molecule has 0 fully saturated rings. The van der Waals surface area contributed by atoms with Crippen molar-refractivity contribution < 1.29 is 13.2 Å². The summed E-state index contributed by atoms with van der Waals surface area (Å²) in [6, 6.07) is 10.4. The van der Waals surface area contributed by atoms with Gasteiger partial charge >= 0.3 is 0 Å². The van der Waals surface area contributed by atoms with Crippen molar-refractivity contribution in [1.29, 1.82) is 0 Å². The average Bonchev–Trinajstić information content (AvgIpc) is 2.58. The molecule has 4 nitrogen and oxygen atoms in total. The second-order valence-corrected chi connectivity index (χ2v) is 8.40. The minimum absolute atomic E-state index is 0.0433. The smallest absolute Gasteiger partial charge is 0.265 e. The number of halogens is 2. The molecule has 136 valence electrons. The summed E-state index contributed by atoms with van der Waals surface area (Å²) in [6.07, 6.45) is 0. The Bertz CT molecular complexity index is 849. The summed E-state index contributed by atoms with van der Waals surface area (Å²) in [5.41, 5.74) is 1.72. The fourth-order valence-corrected chi connectivity index (χ4v) is 4.80. The molecular weight excluding hydrogens is 381 g/mol. The standard InChI is InChI=1S/C18H21Cl2NO3S/c1-5-21(14-8-6-13(7-9-14)12(2)3)25(22,23)16-11-10-15(24-4)17(19)18(16)20/h6-12H,5H2,1-4H3. The Kier molecular flexibility index (Phi) is 6.25. The van der Waals surface area contributed by atoms with Gasteiger partial charge in [0.25, 0.3) is 10.0 Å². The van der Waals surface area contributed by atoms with Gasteiger partial charge in [-0.1, -0.05) is 49.2 Å². The number of ether oxygens (including phenoxy) is 1. The first-order chi connectivity index (χ1) is 11.7. The minimum atomic E-state index is -3.85. The molecule has 2 aromatic carbocycles. The number of hydrogen-bond acceptors (Lipinski definition) is 3. The molecule has 25 heavy (non-hydrogen) atoms. The lowest BCUT2D eigenvalue weighted by Gasteiger charge is -2.24. The number of rotatable bonds is 6. The van der Waals surface area contributed by atoms with Gasteiger partial charge in [-0.25, -0.2) is 8.42 Å². The maximum absolute atomic E-state index is 13.1. The maximum atomic E-state index is 13.1. The van der Waals surface area contributed by atoms with Gasteiger partial charge < -0.3 is 4.74 Å². The van der Waals surface area contributed by atoms with E-state index in [2.05, 4.69) is 13.8 Å². The van der Waals surface area contributed by atoms with Gasteiger partial charge in [-0.3, -0.25) is 4.31 Å². The predicted octanol–water partition coefficient (Wildman–Crippen LogP) is 5.34. The molecule has 0 saturated heterocycles. The molecule has 0 aliphatic heterocycles. The van der Waals surface area contributed by atoms with E-state index in [1.807, 2.05) is 12.1 Å². The van der Waals surface area contributed by atoms with Gasteiger partial charge in [0.15, 0.2) is 0 Å². The SMILES string of the molecule is CCN(c1ccc(C(C)C)cc1)S(=O)(=O)c1ccc(OC)c(Cl)c1Cl. The van der Waals surface area contributed by atoms with Crippen LogP contribution < -0.4 is 9.04 Å². The Balaban J connectivity index is 2.51. The molecule has 0 aliphatic rings. The molecule has 2 aromatic rings. The second kappa shape index (κ2) is 7.85. The van der Waals surface area contributed by atoms with E-state index >= 15 is 0 Å². The summed E-state index contributed by atoms with van der Waals surface area (Å²) >= 11 is 12.3. The monoisotopic (exact) mass is 401 g/mol. The molecule has 0 bridgehead atoms. The Morgan fingerprint density at radius 2 is 1.64 bits per heavy atom. The molecular formula is C18H21Cl2NO3S. The molecule has 0 atom stereocenters. The van der Waals surface area contributed by atoms with E-state index in [9.17, 15) is 8.42 Å². The fraction of sp³-hybridized carbons (Fsp3) is 0.333. The summed E-state index contributed by atoms with van der Waals surface area (Å²) in [5, 5.41) is 0.0368. The van der Waals surface area contributed by atoms with Crippen LogP contribution in [0.5, 0.6) is 5.75 Å². The Morgan fingerprint density at radius 1 is 1.04 bits per heavy atom. The van der Waals surface area contributed by atoms with Gasteiger partial charge in [0, 0.05) is 6.54 Å². The third kappa shape index (κ3) is 3.89. The highest BCUT2D eigenvalue weighted by Crippen LogP contribution is 2.38. The molecule has 0 radical (unpaired) electrons. The molecule has 0 saturated carbocycles. The third-order valence-corrected chi connectivity index (χ3v) is 6.86. The van der Waals surface area contributed by atoms with Crippen LogP contribution in [0.1, 0.15) is 32.3 Å². The van der Waals surface area contributed by atoms with Gasteiger partial charge in [-0.2, -0.15) is 0 Å². The van der Waals surface area contributed by atoms with E-state index in [1.165, 1.54) is 23.5 Å². The molecule has 0 aromatic heterocycles. The van der Waals surface area contributed by atoms with E-state index in [4.69, 9.17) is 27.9 Å². The second-order valence-electron chi connectivity index (χ2n) is 5.81. The molecule has 0 unspecified atom stereocenters. The van der Waals surface area contributed by atoms with Gasteiger partial charge in [0.05, 0.1) is 17.8 Å². The van der Waals surface area contributed by atoms with Crippen molar-refractivity contribution in [1.82, 2.24) is 0 Å². The quantitative estimate of drug-likeness (QED) is 0.655. The van der Waals surface area contributed by atoms with E-state index in [1.54, 1.807) is 19.1 Å². The van der Waals surface area contributed by atoms with Crippen LogP contribution in [0, 0.1) is 0 Å². The highest BCUT2D eigenvalue weighted by molar-refractivity contribution is 7.93. The van der Waals surface area contributed by atoms with Gasteiger partial charge in [-0.05, 0) is 42.7 Å². The summed E-state index contributed by atoms with van der Waals surface area (Å²) < 4.78 is 32.6. The molecule has 0 amide bonds. The molecule has 0 aliphatic carbocycles. The van der Waals surface area contributed by atoms with Crippen LogP contribution in [-0.2, 0) is 10.0 Å². The van der Waals surface area contributed by atoms with Crippen molar-refractivity contribution in [3.05, 3.63) is 52.0 Å². The molecule has 2 rings (SSSR count). The van der Waals surface area contributed by atoms with E-state index in [0.717, 1.165) is 5.56 Å². The summed E-state index contributed by atoms with van der Waals surface area (Å²) in [4.78, 5) is -0.0465. The van der Waals surface area contributed by atoms with Crippen LogP contribution in [0.3, 0.4) is 0 Å². The van der Waals surface area contributed by atoms with Gasteiger partial charge in [-0.15, -0.1) is 0 Å². The third-order valence-electron chi connectivity index (χ3n) is 3.93. The van der Waals surface area contributed by atoms with Crippen LogP contribution in [0.25, 0.3) is 0 Å². The van der Waals surface area contributed by atoms with Crippen LogP contribution in [0.2, 0.25) is 10.0 Å². The molecule has 0 heterocycles. The first kappa shape index (κ1) is 19.9. The lowest BCUT2D eigenvalue weighted by Crippen LogP contribution is -2.31. The van der Waals surface area contributed by atoms with Crippen molar-refractivity contribution in [2.24, 2.45) is 0 Å². The van der Waals surface area contributed by atoms with E-state index in [0.29, 0.717) is 17.4 Å². The number of anilines is 1. The number of benzene rings is 2. The predicted molar refractivity (Wildman–Crippen MR) is 104 cm³/mol. The minimum Gasteiger partial charge on any atom is -0.495 e. The Morgan fingerprint density at radius 3 is 2.12 bits per heavy atom. The number of sulfonamides is 1. The zero-order valence-electron chi connectivity index (χ0n) is 14.6. The Labute approximate surface area is 159 Å². The molecule has 0 spiro atoms. The zero-order valence-corrected chi connectivity index (χ0v) is 16.9. The largest absolute Gasteiger partial charge is 0.495 e. The van der Waals surface area contributed by atoms with Gasteiger partial charge in [0.1, 0.15) is 15.7 Å². The van der Waals surface area contributed by atoms with Crippen molar-refractivity contribution in [3.8, 4) is 5.75 Å². The lowest BCUT2D eigenvalue weighted by atomic mass is 10.0. The van der Waals surface area contributed by atoms with Crippen molar-refractivity contribution in [2.75, 3.05) is 18.0 Å². The van der Waals surface area contributed by atoms with Crippen LogP contribution >= 0.6 is 23.2 Å². The highest BCUT2D eigenvalue weighted by Gasteiger charge is 2.28. The maximum Gasteiger partial charge on any atom is 0.265 e. The van der Waals surface area contributed by atoms with Crippen molar-refractivity contribution >= 4 is 38.9 Å². The van der Waals surface area contributed by atoms with Crippen LogP contribution in [0.15, 0.2) is 41.3 Å². The normalized spacial score (nSPS) is 11.6. The average molecular weight is 402 g/mol. The van der Waals surface area contributed by atoms with Crippen molar-refractivity contribution in [3.63, 3.8) is 0 Å². The van der Waals surface area contributed by atoms with Crippen LogP contribution in [0.4, 0.5) is 5.69 Å². The zero-order chi connectivity index (χ0) is 18.8. The first-order valence-corrected chi connectivity index (χ1v) is 10.1. The Hall–Kier alpha value is -1.43. The number of hydrogen-bond donors (Lipinski definition) is 0. The lowest BCUT2D eigenvalue weighted by molar-refractivity contribution is 0.414. The topological polar surface area (TPSA) is 46.6 Å². The molecule has 0 N–H and O–H groups in total. The highest BCUT2D eigenvalue weighted by atomic mass is 35.5. The number of nitrogens with zero attached hydrogens (tertiary/aromatic N) is 1. The van der Waals surface area contributed by atoms with Gasteiger partial charge in [0.2, 0.25) is 0 Å². The summed E-state index contributed by atoms with van der Waals surface area (Å²) in [5.74, 6) is 0.700. The first-order valence-electron chi connectivity index (χ1n) is 7.88. The fourth-order valence-electron chi connectivity index (χ4n) is 2.51. The van der Waals surface area contributed by atoms with Crippen molar-refractivity contribution in [2.45, 2.75) is 31.6 Å². The number of methoxy groups -OCH3 is 1. The molecule has 7 heteroatoms. The summed E-state index contributed by atoms with van der Waals surface area (Å²) in [7, 11) is -2.41. The van der Waals surface area contributed by atoms with E-state index < -0.39 is 10.0 Å².